The van der Waals surface area contributed by atoms with Crippen molar-refractivity contribution in [3.8, 4) is 11.5 Å². The Morgan fingerprint density at radius 3 is 2.50 bits per heavy atom. The molecule has 0 saturated carbocycles. The minimum Gasteiger partial charge on any atom is -0.493 e. The maximum atomic E-state index is 13.2. The van der Waals surface area contributed by atoms with Crippen molar-refractivity contribution in [1.29, 1.82) is 0 Å². The number of amides is 2. The van der Waals surface area contributed by atoms with Gasteiger partial charge in [0.1, 0.15) is 0 Å². The summed E-state index contributed by atoms with van der Waals surface area (Å²) in [6.45, 7) is 3.01. The van der Waals surface area contributed by atoms with E-state index in [9.17, 15) is 9.59 Å². The van der Waals surface area contributed by atoms with E-state index in [2.05, 4.69) is 0 Å². The SMILES string of the molecule is COCCN1C(=O)C[C@@H](C(=O)N2CCOCC2)[C@@H]1c1ccc(OC)c(OC)c1. The van der Waals surface area contributed by atoms with Gasteiger partial charge in [-0.3, -0.25) is 9.59 Å². The van der Waals surface area contributed by atoms with E-state index < -0.39 is 5.92 Å². The van der Waals surface area contributed by atoms with E-state index in [0.29, 0.717) is 51.0 Å². The van der Waals surface area contributed by atoms with Crippen molar-refractivity contribution in [1.82, 2.24) is 9.80 Å². The fourth-order valence-corrected chi connectivity index (χ4v) is 3.93. The molecule has 2 fully saturated rings. The van der Waals surface area contributed by atoms with E-state index in [4.69, 9.17) is 18.9 Å². The zero-order valence-corrected chi connectivity index (χ0v) is 16.7. The summed E-state index contributed by atoms with van der Waals surface area (Å²) < 4.78 is 21.3. The monoisotopic (exact) mass is 392 g/mol. The maximum Gasteiger partial charge on any atom is 0.228 e. The van der Waals surface area contributed by atoms with E-state index in [0.717, 1.165) is 5.56 Å². The highest BCUT2D eigenvalue weighted by Crippen LogP contribution is 2.41. The molecule has 0 bridgehead atoms. The highest BCUT2D eigenvalue weighted by atomic mass is 16.5. The van der Waals surface area contributed by atoms with Gasteiger partial charge in [0.05, 0.1) is 46.0 Å². The number of rotatable bonds is 7. The van der Waals surface area contributed by atoms with Crippen LogP contribution in [0.1, 0.15) is 18.0 Å². The van der Waals surface area contributed by atoms with Gasteiger partial charge in [-0.05, 0) is 17.7 Å². The number of likely N-dealkylation sites (tertiary alicyclic amines) is 1. The second-order valence-electron chi connectivity index (χ2n) is 6.89. The molecule has 2 saturated heterocycles. The van der Waals surface area contributed by atoms with Crippen molar-refractivity contribution in [3.63, 3.8) is 0 Å². The molecule has 2 aliphatic rings. The molecule has 8 nitrogen and oxygen atoms in total. The molecule has 2 atom stereocenters. The smallest absolute Gasteiger partial charge is 0.228 e. The molecule has 154 valence electrons. The molecular formula is C20H28N2O6. The summed E-state index contributed by atoms with van der Waals surface area (Å²) in [6, 6.07) is 5.19. The van der Waals surface area contributed by atoms with Crippen molar-refractivity contribution in [2.45, 2.75) is 12.5 Å². The van der Waals surface area contributed by atoms with Crippen molar-refractivity contribution in [3.05, 3.63) is 23.8 Å². The number of carbonyl (C=O) groups is 2. The van der Waals surface area contributed by atoms with Crippen LogP contribution in [0.15, 0.2) is 18.2 Å². The summed E-state index contributed by atoms with van der Waals surface area (Å²) >= 11 is 0. The minimum atomic E-state index is -0.444. The molecule has 0 spiro atoms. The van der Waals surface area contributed by atoms with Crippen LogP contribution in [-0.2, 0) is 19.1 Å². The number of carbonyl (C=O) groups excluding carboxylic acids is 2. The third-order valence-electron chi connectivity index (χ3n) is 5.36. The lowest BCUT2D eigenvalue weighted by Gasteiger charge is -2.33. The maximum absolute atomic E-state index is 13.2. The topological polar surface area (TPSA) is 77.5 Å². The van der Waals surface area contributed by atoms with E-state index >= 15 is 0 Å². The molecule has 0 aromatic heterocycles. The van der Waals surface area contributed by atoms with Gasteiger partial charge in [-0.2, -0.15) is 0 Å². The minimum absolute atomic E-state index is 0.00338. The average Bonchev–Trinajstić information content (AvgIpc) is 3.07. The molecular weight excluding hydrogens is 364 g/mol. The molecule has 2 amide bonds. The number of morpholine rings is 1. The summed E-state index contributed by atoms with van der Waals surface area (Å²) in [5, 5.41) is 0. The number of hydrogen-bond acceptors (Lipinski definition) is 6. The van der Waals surface area contributed by atoms with E-state index in [1.165, 1.54) is 0 Å². The van der Waals surface area contributed by atoms with Crippen LogP contribution in [0.25, 0.3) is 0 Å². The van der Waals surface area contributed by atoms with Crippen molar-refractivity contribution in [2.75, 3.05) is 60.8 Å². The quantitative estimate of drug-likeness (QED) is 0.692. The van der Waals surface area contributed by atoms with Crippen LogP contribution in [0.3, 0.4) is 0 Å². The van der Waals surface area contributed by atoms with E-state index in [1.54, 1.807) is 31.1 Å². The Hall–Kier alpha value is -2.32. The van der Waals surface area contributed by atoms with Gasteiger partial charge < -0.3 is 28.7 Å². The Labute approximate surface area is 165 Å². The summed E-state index contributed by atoms with van der Waals surface area (Å²) in [7, 11) is 4.75. The van der Waals surface area contributed by atoms with Crippen LogP contribution >= 0.6 is 0 Å². The van der Waals surface area contributed by atoms with Gasteiger partial charge >= 0.3 is 0 Å². The zero-order chi connectivity index (χ0) is 20.1. The lowest BCUT2D eigenvalue weighted by molar-refractivity contribution is -0.140. The number of ether oxygens (including phenoxy) is 4. The van der Waals surface area contributed by atoms with Crippen molar-refractivity contribution < 1.29 is 28.5 Å². The fraction of sp³-hybridized carbons (Fsp3) is 0.600. The molecule has 0 N–H and O–H groups in total. The Kier molecular flexibility index (Phi) is 6.74. The second-order valence-corrected chi connectivity index (χ2v) is 6.89. The first kappa shape index (κ1) is 20.4. The van der Waals surface area contributed by atoms with E-state index in [-0.39, 0.29) is 24.3 Å². The Balaban J connectivity index is 1.94. The summed E-state index contributed by atoms with van der Waals surface area (Å²) in [5.41, 5.74) is 0.853. The van der Waals surface area contributed by atoms with Crippen LogP contribution < -0.4 is 9.47 Å². The van der Waals surface area contributed by atoms with Crippen LogP contribution in [0.2, 0.25) is 0 Å². The van der Waals surface area contributed by atoms with Gasteiger partial charge in [0.15, 0.2) is 11.5 Å². The van der Waals surface area contributed by atoms with Gasteiger partial charge in [0.2, 0.25) is 11.8 Å². The largest absolute Gasteiger partial charge is 0.493 e. The third-order valence-corrected chi connectivity index (χ3v) is 5.36. The second kappa shape index (κ2) is 9.25. The molecule has 2 aliphatic heterocycles. The van der Waals surface area contributed by atoms with Crippen LogP contribution in [0.5, 0.6) is 11.5 Å². The average molecular weight is 392 g/mol. The first-order valence-electron chi connectivity index (χ1n) is 9.47. The molecule has 0 aliphatic carbocycles. The predicted octanol–water partition coefficient (Wildman–Crippen LogP) is 1.10. The number of benzene rings is 1. The Morgan fingerprint density at radius 2 is 1.86 bits per heavy atom. The van der Waals surface area contributed by atoms with Gasteiger partial charge in [-0.25, -0.2) is 0 Å². The molecule has 0 radical (unpaired) electrons. The lowest BCUT2D eigenvalue weighted by Crippen LogP contribution is -2.45. The van der Waals surface area contributed by atoms with Gasteiger partial charge in [0.25, 0.3) is 0 Å². The first-order valence-corrected chi connectivity index (χ1v) is 9.47. The summed E-state index contributed by atoms with van der Waals surface area (Å²) in [5.74, 6) is 0.694. The highest BCUT2D eigenvalue weighted by Gasteiger charge is 2.46. The zero-order valence-electron chi connectivity index (χ0n) is 16.7. The number of hydrogen-bond donors (Lipinski definition) is 0. The molecule has 1 aromatic rings. The van der Waals surface area contributed by atoms with Crippen LogP contribution in [-0.4, -0.2) is 82.4 Å². The first-order chi connectivity index (χ1) is 13.6. The van der Waals surface area contributed by atoms with Crippen molar-refractivity contribution in [2.24, 2.45) is 5.92 Å². The Bertz CT molecular complexity index is 704. The fourth-order valence-electron chi connectivity index (χ4n) is 3.93. The number of methoxy groups -OCH3 is 3. The molecule has 8 heteroatoms. The normalized spacial score (nSPS) is 22.5. The van der Waals surface area contributed by atoms with Crippen molar-refractivity contribution >= 4 is 11.8 Å². The predicted molar refractivity (Wildman–Crippen MR) is 101 cm³/mol. The van der Waals surface area contributed by atoms with Crippen LogP contribution in [0.4, 0.5) is 0 Å². The van der Waals surface area contributed by atoms with Gasteiger partial charge in [-0.15, -0.1) is 0 Å². The molecule has 2 heterocycles. The van der Waals surface area contributed by atoms with Gasteiger partial charge in [0, 0.05) is 33.2 Å². The molecule has 1 aromatic carbocycles. The van der Waals surface area contributed by atoms with Gasteiger partial charge in [-0.1, -0.05) is 6.07 Å². The Morgan fingerprint density at radius 1 is 1.14 bits per heavy atom. The third kappa shape index (κ3) is 4.07. The molecule has 0 unspecified atom stereocenters. The lowest BCUT2D eigenvalue weighted by atomic mass is 9.91. The highest BCUT2D eigenvalue weighted by molar-refractivity contribution is 5.90. The van der Waals surface area contributed by atoms with E-state index in [1.807, 2.05) is 18.2 Å². The molecule has 28 heavy (non-hydrogen) atoms. The van der Waals surface area contributed by atoms with Crippen LogP contribution in [0, 0.1) is 5.92 Å². The summed E-state index contributed by atoms with van der Waals surface area (Å²) in [6.07, 6.45) is 0.193. The number of nitrogens with zero attached hydrogens (tertiary/aromatic N) is 2. The standard InChI is InChI=1S/C20H28N2O6/c1-25-9-8-22-18(23)13-15(20(24)21-6-10-28-11-7-21)19(22)14-4-5-16(26-2)17(12-14)27-3/h4-5,12,15,19H,6-11,13H2,1-3H3/t15-,19+/m1/s1. The molecule has 3 rings (SSSR count). The summed E-state index contributed by atoms with van der Waals surface area (Å²) in [4.78, 5) is 29.5.